The lowest BCUT2D eigenvalue weighted by atomic mass is 10.2. The van der Waals surface area contributed by atoms with Gasteiger partial charge in [-0.1, -0.05) is 31.5 Å². The summed E-state index contributed by atoms with van der Waals surface area (Å²) < 4.78 is 5.38. The van der Waals surface area contributed by atoms with E-state index in [1.165, 1.54) is 0 Å². The maximum Gasteiger partial charge on any atom is 0.344 e. The Morgan fingerprint density at radius 2 is 2.12 bits per heavy atom. The highest BCUT2D eigenvalue weighted by molar-refractivity contribution is 5.72. The summed E-state index contributed by atoms with van der Waals surface area (Å²) in [5, 5.41) is 18.0. The number of aliphatic hydroxyl groups is 1. The van der Waals surface area contributed by atoms with Gasteiger partial charge in [0.15, 0.2) is 6.10 Å². The molecule has 0 heterocycles. The van der Waals surface area contributed by atoms with Crippen molar-refractivity contribution in [2.75, 3.05) is 0 Å². The molecule has 1 atom stereocenters. The van der Waals surface area contributed by atoms with Gasteiger partial charge in [0, 0.05) is 5.56 Å². The van der Waals surface area contributed by atoms with Crippen molar-refractivity contribution < 1.29 is 19.7 Å². The van der Waals surface area contributed by atoms with E-state index in [-0.39, 0.29) is 6.61 Å². The molecule has 0 saturated heterocycles. The van der Waals surface area contributed by atoms with Crippen LogP contribution in [0.5, 0.6) is 5.75 Å². The zero-order valence-electron chi connectivity index (χ0n) is 9.22. The van der Waals surface area contributed by atoms with Crippen LogP contribution in [-0.2, 0) is 11.4 Å². The van der Waals surface area contributed by atoms with E-state index in [1.807, 2.05) is 6.92 Å². The number of carbonyl (C=O) groups is 1. The summed E-state index contributed by atoms with van der Waals surface area (Å²) in [4.78, 5) is 10.9. The number of ether oxygens (including phenoxy) is 1. The van der Waals surface area contributed by atoms with Gasteiger partial charge in [-0.05, 0) is 12.5 Å². The third-order valence-corrected chi connectivity index (χ3v) is 2.24. The van der Waals surface area contributed by atoms with Crippen LogP contribution in [0.15, 0.2) is 24.3 Å². The molecule has 1 aromatic carbocycles. The number of hydrogen-bond acceptors (Lipinski definition) is 3. The van der Waals surface area contributed by atoms with Crippen LogP contribution in [0.25, 0.3) is 0 Å². The SMILES string of the molecule is CCCC(Oc1ccccc1CO)C(=O)O. The van der Waals surface area contributed by atoms with Crippen LogP contribution in [0, 0.1) is 0 Å². The van der Waals surface area contributed by atoms with Crippen LogP contribution in [0.4, 0.5) is 0 Å². The zero-order chi connectivity index (χ0) is 12.0. The molecule has 1 unspecified atom stereocenters. The van der Waals surface area contributed by atoms with Crippen LogP contribution in [0.2, 0.25) is 0 Å². The summed E-state index contributed by atoms with van der Waals surface area (Å²) in [6, 6.07) is 6.89. The fourth-order valence-corrected chi connectivity index (χ4v) is 1.40. The maximum absolute atomic E-state index is 10.9. The smallest absolute Gasteiger partial charge is 0.344 e. The molecule has 0 radical (unpaired) electrons. The largest absolute Gasteiger partial charge is 0.479 e. The standard InChI is InChI=1S/C12H16O4/c1-2-5-11(12(14)15)16-10-7-4-3-6-9(10)8-13/h3-4,6-7,11,13H,2,5,8H2,1H3,(H,14,15). The van der Waals surface area contributed by atoms with Gasteiger partial charge in [-0.2, -0.15) is 0 Å². The molecule has 0 aliphatic rings. The first-order chi connectivity index (χ1) is 7.69. The number of carboxylic acids is 1. The summed E-state index contributed by atoms with van der Waals surface area (Å²) in [7, 11) is 0. The molecule has 2 N–H and O–H groups in total. The van der Waals surface area contributed by atoms with Crippen LogP contribution in [-0.4, -0.2) is 22.3 Å². The van der Waals surface area contributed by atoms with Crippen LogP contribution in [0.1, 0.15) is 25.3 Å². The first kappa shape index (κ1) is 12.5. The van der Waals surface area contributed by atoms with Gasteiger partial charge in [0.25, 0.3) is 0 Å². The van der Waals surface area contributed by atoms with Crippen LogP contribution < -0.4 is 4.74 Å². The Morgan fingerprint density at radius 3 is 2.69 bits per heavy atom. The molecule has 0 amide bonds. The molecule has 0 aromatic heterocycles. The van der Waals surface area contributed by atoms with E-state index < -0.39 is 12.1 Å². The van der Waals surface area contributed by atoms with E-state index in [2.05, 4.69) is 0 Å². The minimum absolute atomic E-state index is 0.158. The van der Waals surface area contributed by atoms with Gasteiger partial charge < -0.3 is 14.9 Å². The van der Waals surface area contributed by atoms with Gasteiger partial charge in [0.2, 0.25) is 0 Å². The number of aliphatic carboxylic acids is 1. The lowest BCUT2D eigenvalue weighted by Gasteiger charge is -2.16. The van der Waals surface area contributed by atoms with E-state index in [4.69, 9.17) is 14.9 Å². The first-order valence-corrected chi connectivity index (χ1v) is 5.27. The number of rotatable bonds is 6. The number of para-hydroxylation sites is 1. The Hall–Kier alpha value is -1.55. The molecular weight excluding hydrogens is 208 g/mol. The Kier molecular flexibility index (Phi) is 4.79. The van der Waals surface area contributed by atoms with Crippen molar-refractivity contribution in [2.45, 2.75) is 32.5 Å². The van der Waals surface area contributed by atoms with E-state index in [1.54, 1.807) is 24.3 Å². The Labute approximate surface area is 94.5 Å². The molecule has 4 heteroatoms. The minimum Gasteiger partial charge on any atom is -0.479 e. The molecule has 1 aromatic rings. The highest BCUT2D eigenvalue weighted by Crippen LogP contribution is 2.20. The van der Waals surface area contributed by atoms with Gasteiger partial charge in [0.1, 0.15) is 5.75 Å². The average molecular weight is 224 g/mol. The van der Waals surface area contributed by atoms with E-state index in [0.717, 1.165) is 6.42 Å². The van der Waals surface area contributed by atoms with Crippen LogP contribution >= 0.6 is 0 Å². The molecule has 1 rings (SSSR count). The third-order valence-electron chi connectivity index (χ3n) is 2.24. The third kappa shape index (κ3) is 3.24. The van der Waals surface area contributed by atoms with Crippen molar-refractivity contribution in [3.63, 3.8) is 0 Å². The lowest BCUT2D eigenvalue weighted by molar-refractivity contribution is -0.145. The predicted octanol–water partition coefficient (Wildman–Crippen LogP) is 1.81. The fourth-order valence-electron chi connectivity index (χ4n) is 1.40. The van der Waals surface area contributed by atoms with E-state index in [0.29, 0.717) is 17.7 Å². The molecule has 0 aliphatic heterocycles. The van der Waals surface area contributed by atoms with E-state index >= 15 is 0 Å². The Bertz CT molecular complexity index is 349. The molecule has 88 valence electrons. The maximum atomic E-state index is 10.9. The zero-order valence-corrected chi connectivity index (χ0v) is 9.22. The Morgan fingerprint density at radius 1 is 1.44 bits per heavy atom. The topological polar surface area (TPSA) is 66.8 Å². The monoisotopic (exact) mass is 224 g/mol. The first-order valence-electron chi connectivity index (χ1n) is 5.27. The second kappa shape index (κ2) is 6.12. The van der Waals surface area contributed by atoms with Gasteiger partial charge in [-0.25, -0.2) is 4.79 Å². The van der Waals surface area contributed by atoms with Crippen molar-refractivity contribution >= 4 is 5.97 Å². The highest BCUT2D eigenvalue weighted by Gasteiger charge is 2.19. The Balaban J connectivity index is 2.80. The van der Waals surface area contributed by atoms with Crippen molar-refractivity contribution in [3.05, 3.63) is 29.8 Å². The molecule has 0 fully saturated rings. The summed E-state index contributed by atoms with van der Waals surface area (Å²) >= 11 is 0. The van der Waals surface area contributed by atoms with Gasteiger partial charge in [-0.3, -0.25) is 0 Å². The average Bonchev–Trinajstić information content (AvgIpc) is 2.29. The van der Waals surface area contributed by atoms with Gasteiger partial charge in [-0.15, -0.1) is 0 Å². The molecule has 0 aliphatic carbocycles. The number of hydrogen-bond donors (Lipinski definition) is 2. The molecule has 0 spiro atoms. The molecular formula is C12H16O4. The van der Waals surface area contributed by atoms with Gasteiger partial charge in [0.05, 0.1) is 6.61 Å². The van der Waals surface area contributed by atoms with Crippen molar-refractivity contribution in [2.24, 2.45) is 0 Å². The minimum atomic E-state index is -0.977. The number of carboxylic acid groups (broad SMARTS) is 1. The van der Waals surface area contributed by atoms with Crippen molar-refractivity contribution in [1.29, 1.82) is 0 Å². The fraction of sp³-hybridized carbons (Fsp3) is 0.417. The van der Waals surface area contributed by atoms with E-state index in [9.17, 15) is 4.79 Å². The lowest BCUT2D eigenvalue weighted by Crippen LogP contribution is -2.27. The predicted molar refractivity (Wildman–Crippen MR) is 59.3 cm³/mol. The molecule has 0 saturated carbocycles. The summed E-state index contributed by atoms with van der Waals surface area (Å²) in [5.74, 6) is -0.541. The molecule has 16 heavy (non-hydrogen) atoms. The highest BCUT2D eigenvalue weighted by atomic mass is 16.5. The van der Waals surface area contributed by atoms with Crippen molar-refractivity contribution in [3.8, 4) is 5.75 Å². The molecule has 0 bridgehead atoms. The number of benzene rings is 1. The summed E-state index contributed by atoms with van der Waals surface area (Å²) in [5.41, 5.74) is 0.602. The van der Waals surface area contributed by atoms with Crippen molar-refractivity contribution in [1.82, 2.24) is 0 Å². The second-order valence-electron chi connectivity index (χ2n) is 3.50. The normalized spacial score (nSPS) is 12.1. The molecule has 4 nitrogen and oxygen atoms in total. The summed E-state index contributed by atoms with van der Waals surface area (Å²) in [6.45, 7) is 1.74. The van der Waals surface area contributed by atoms with Gasteiger partial charge >= 0.3 is 5.97 Å². The number of aliphatic hydroxyl groups excluding tert-OH is 1. The quantitative estimate of drug-likeness (QED) is 0.773. The van der Waals surface area contributed by atoms with Crippen LogP contribution in [0.3, 0.4) is 0 Å². The summed E-state index contributed by atoms with van der Waals surface area (Å²) in [6.07, 6.45) is 0.339. The second-order valence-corrected chi connectivity index (χ2v) is 3.50.